The van der Waals surface area contributed by atoms with Crippen LogP contribution in [0.5, 0.6) is 0 Å². The zero-order valence-corrected chi connectivity index (χ0v) is 11.2. The smallest absolute Gasteiger partial charge is 0.145 e. The third kappa shape index (κ3) is 4.49. The number of rotatable bonds is 4. The van der Waals surface area contributed by atoms with Crippen molar-refractivity contribution in [2.75, 3.05) is 5.32 Å². The summed E-state index contributed by atoms with van der Waals surface area (Å²) < 4.78 is 0. The maximum absolute atomic E-state index is 4.41. The van der Waals surface area contributed by atoms with E-state index in [9.17, 15) is 0 Å². The Kier molecular flexibility index (Phi) is 6.40. The monoisotopic (exact) mass is 244 g/mol. The van der Waals surface area contributed by atoms with Gasteiger partial charge in [0.2, 0.25) is 0 Å². The lowest BCUT2D eigenvalue weighted by Gasteiger charge is -2.05. The topological polar surface area (TPSA) is 50.7 Å². The van der Waals surface area contributed by atoms with Gasteiger partial charge in [-0.1, -0.05) is 26.8 Å². The van der Waals surface area contributed by atoms with Gasteiger partial charge in [0.15, 0.2) is 0 Å². The van der Waals surface area contributed by atoms with Crippen LogP contribution in [0, 0.1) is 0 Å². The number of hydrogen-bond acceptors (Lipinski definition) is 4. The molecule has 0 aliphatic heterocycles. The van der Waals surface area contributed by atoms with E-state index in [4.69, 9.17) is 0 Å². The number of nitrogens with one attached hydrogen (secondary N) is 1. The Morgan fingerprint density at radius 3 is 2.61 bits per heavy atom. The molecule has 0 bridgehead atoms. The van der Waals surface area contributed by atoms with Gasteiger partial charge in [-0.3, -0.25) is 9.97 Å². The van der Waals surface area contributed by atoms with E-state index in [0.717, 1.165) is 30.0 Å². The molecular formula is C14H20N4. The second kappa shape index (κ2) is 8.17. The highest BCUT2D eigenvalue weighted by atomic mass is 15.0. The quantitative estimate of drug-likeness (QED) is 0.898. The maximum atomic E-state index is 4.41. The molecule has 0 radical (unpaired) electrons. The Morgan fingerprint density at radius 1 is 1.11 bits per heavy atom. The van der Waals surface area contributed by atoms with E-state index >= 15 is 0 Å². The van der Waals surface area contributed by atoms with E-state index in [-0.39, 0.29) is 0 Å². The molecule has 0 saturated heterocycles. The van der Waals surface area contributed by atoms with E-state index in [1.165, 1.54) is 0 Å². The highest BCUT2D eigenvalue weighted by Gasteiger charge is 1.97. The van der Waals surface area contributed by atoms with Crippen molar-refractivity contribution in [1.82, 2.24) is 15.0 Å². The zero-order valence-electron chi connectivity index (χ0n) is 11.2. The molecule has 0 aliphatic carbocycles. The fourth-order valence-corrected chi connectivity index (χ4v) is 1.36. The molecule has 0 spiro atoms. The van der Waals surface area contributed by atoms with Crippen LogP contribution < -0.4 is 5.32 Å². The fraction of sp³-hybridized carbons (Fsp3) is 0.357. The molecule has 4 heteroatoms. The minimum absolute atomic E-state index is 0.718. The van der Waals surface area contributed by atoms with Crippen LogP contribution in [-0.4, -0.2) is 15.0 Å². The van der Waals surface area contributed by atoms with Crippen molar-refractivity contribution >= 4 is 5.82 Å². The number of aromatic nitrogens is 3. The molecule has 0 saturated carbocycles. The molecule has 96 valence electrons. The van der Waals surface area contributed by atoms with E-state index in [1.54, 1.807) is 18.6 Å². The summed E-state index contributed by atoms with van der Waals surface area (Å²) in [5, 5.41) is 3.22. The van der Waals surface area contributed by atoms with Gasteiger partial charge in [0.1, 0.15) is 5.82 Å². The van der Waals surface area contributed by atoms with Crippen molar-refractivity contribution in [3.05, 3.63) is 48.2 Å². The van der Waals surface area contributed by atoms with Crippen LogP contribution in [0.4, 0.5) is 5.82 Å². The Bertz CT molecular complexity index is 443. The van der Waals surface area contributed by atoms with Crippen LogP contribution in [0.3, 0.4) is 0 Å². The van der Waals surface area contributed by atoms with E-state index in [2.05, 4.69) is 27.2 Å². The van der Waals surface area contributed by atoms with Gasteiger partial charge >= 0.3 is 0 Å². The first kappa shape index (κ1) is 14.1. The number of pyridine rings is 1. The molecule has 0 fully saturated rings. The van der Waals surface area contributed by atoms with E-state index in [0.29, 0.717) is 0 Å². The average molecular weight is 244 g/mol. The van der Waals surface area contributed by atoms with Gasteiger partial charge in [0, 0.05) is 25.1 Å². The predicted octanol–water partition coefficient (Wildman–Crippen LogP) is 3.07. The maximum Gasteiger partial charge on any atom is 0.145 e. The first-order valence-corrected chi connectivity index (χ1v) is 6.32. The molecule has 2 rings (SSSR count). The summed E-state index contributed by atoms with van der Waals surface area (Å²) in [7, 11) is 0. The molecule has 0 atom stereocenters. The second-order valence-electron chi connectivity index (χ2n) is 3.46. The van der Waals surface area contributed by atoms with Crippen molar-refractivity contribution < 1.29 is 0 Å². The molecule has 0 aromatic carbocycles. The Labute approximate surface area is 109 Å². The lowest BCUT2D eigenvalue weighted by Crippen LogP contribution is -2.03. The van der Waals surface area contributed by atoms with E-state index < -0.39 is 0 Å². The SMILES string of the molecule is CC.CCc1cncc(NCc2cccnc2)n1. The summed E-state index contributed by atoms with van der Waals surface area (Å²) in [5.74, 6) is 0.809. The number of anilines is 1. The molecule has 0 aliphatic rings. The summed E-state index contributed by atoms with van der Waals surface area (Å²) in [6.07, 6.45) is 8.02. The third-order valence-electron chi connectivity index (χ3n) is 2.24. The molecule has 4 nitrogen and oxygen atoms in total. The van der Waals surface area contributed by atoms with Gasteiger partial charge in [-0.05, 0) is 18.1 Å². The van der Waals surface area contributed by atoms with Crippen LogP contribution in [-0.2, 0) is 13.0 Å². The number of aryl methyl sites for hydroxylation is 1. The van der Waals surface area contributed by atoms with Crippen LogP contribution in [0.2, 0.25) is 0 Å². The summed E-state index contributed by atoms with van der Waals surface area (Å²) in [6.45, 7) is 6.78. The predicted molar refractivity (Wildman–Crippen MR) is 74.3 cm³/mol. The van der Waals surface area contributed by atoms with Crippen LogP contribution in [0.1, 0.15) is 32.0 Å². The normalized spacial score (nSPS) is 9.28. The third-order valence-corrected chi connectivity index (χ3v) is 2.24. The summed E-state index contributed by atoms with van der Waals surface area (Å²) in [6, 6.07) is 3.95. The zero-order chi connectivity index (χ0) is 13.2. The highest BCUT2D eigenvalue weighted by molar-refractivity contribution is 5.33. The molecule has 1 N–H and O–H groups in total. The number of hydrogen-bond donors (Lipinski definition) is 1. The van der Waals surface area contributed by atoms with E-state index in [1.807, 2.05) is 32.2 Å². The standard InChI is InChI=1S/C12H14N4.C2H6/c1-2-11-8-14-9-12(16-11)15-7-10-4-3-5-13-6-10;1-2/h3-6,8-9H,2,7H2,1H3,(H,15,16);1-2H3. The Morgan fingerprint density at radius 2 is 1.94 bits per heavy atom. The first-order chi connectivity index (χ1) is 8.88. The molecule has 0 unspecified atom stereocenters. The Hall–Kier alpha value is -1.97. The second-order valence-corrected chi connectivity index (χ2v) is 3.46. The van der Waals surface area contributed by atoms with Crippen LogP contribution >= 0.6 is 0 Å². The Balaban J connectivity index is 0.000000771. The van der Waals surface area contributed by atoms with Crippen LogP contribution in [0.25, 0.3) is 0 Å². The number of nitrogens with zero attached hydrogens (tertiary/aromatic N) is 3. The van der Waals surface area contributed by atoms with Gasteiger partial charge in [-0.15, -0.1) is 0 Å². The molecule has 2 heterocycles. The summed E-state index contributed by atoms with van der Waals surface area (Å²) in [4.78, 5) is 12.6. The molecular weight excluding hydrogens is 224 g/mol. The van der Waals surface area contributed by atoms with Crippen molar-refractivity contribution in [2.24, 2.45) is 0 Å². The summed E-state index contributed by atoms with van der Waals surface area (Å²) in [5.41, 5.74) is 2.13. The summed E-state index contributed by atoms with van der Waals surface area (Å²) >= 11 is 0. The van der Waals surface area contributed by atoms with Gasteiger partial charge in [0.05, 0.1) is 11.9 Å². The highest BCUT2D eigenvalue weighted by Crippen LogP contribution is 2.05. The first-order valence-electron chi connectivity index (χ1n) is 6.32. The van der Waals surface area contributed by atoms with Crippen molar-refractivity contribution in [1.29, 1.82) is 0 Å². The van der Waals surface area contributed by atoms with Crippen molar-refractivity contribution in [3.8, 4) is 0 Å². The van der Waals surface area contributed by atoms with Crippen LogP contribution in [0.15, 0.2) is 36.9 Å². The van der Waals surface area contributed by atoms with Crippen molar-refractivity contribution in [3.63, 3.8) is 0 Å². The molecule has 18 heavy (non-hydrogen) atoms. The minimum atomic E-state index is 0.718. The lowest BCUT2D eigenvalue weighted by atomic mass is 10.3. The largest absolute Gasteiger partial charge is 0.365 e. The van der Waals surface area contributed by atoms with Crippen molar-refractivity contribution in [2.45, 2.75) is 33.7 Å². The van der Waals surface area contributed by atoms with Gasteiger partial charge in [-0.2, -0.15) is 0 Å². The van der Waals surface area contributed by atoms with Gasteiger partial charge in [-0.25, -0.2) is 4.98 Å². The minimum Gasteiger partial charge on any atom is -0.365 e. The fourth-order valence-electron chi connectivity index (χ4n) is 1.36. The average Bonchev–Trinajstić information content (AvgIpc) is 2.48. The molecule has 2 aromatic heterocycles. The van der Waals surface area contributed by atoms with Gasteiger partial charge < -0.3 is 5.32 Å². The van der Waals surface area contributed by atoms with Gasteiger partial charge in [0.25, 0.3) is 0 Å². The molecule has 0 amide bonds. The molecule has 2 aromatic rings. The lowest BCUT2D eigenvalue weighted by molar-refractivity contribution is 0.981.